The molecule has 7 heteroatoms. The van der Waals surface area contributed by atoms with Crippen molar-refractivity contribution in [2.24, 2.45) is 5.41 Å². The molecule has 0 saturated carbocycles. The molecule has 1 heterocycles. The number of carbonyl (C=O) groups is 2. The zero-order valence-electron chi connectivity index (χ0n) is 11.3. The highest BCUT2D eigenvalue weighted by Gasteiger charge is 2.22. The molecule has 0 spiro atoms. The molecule has 1 unspecified atom stereocenters. The fourth-order valence-corrected chi connectivity index (χ4v) is 2.25. The van der Waals surface area contributed by atoms with E-state index in [2.05, 4.69) is 15.6 Å². The maximum absolute atomic E-state index is 11.7. The lowest BCUT2D eigenvalue weighted by Gasteiger charge is -2.25. The SMILES string of the molecule is CC(C)(C)CC(CC(=O)O)NC(=O)Nc1nccs1. The molecule has 1 aromatic rings. The van der Waals surface area contributed by atoms with Crippen LogP contribution in [-0.2, 0) is 4.79 Å². The Morgan fingerprint density at radius 3 is 2.63 bits per heavy atom. The van der Waals surface area contributed by atoms with Crippen LogP contribution in [0.3, 0.4) is 0 Å². The molecule has 0 aliphatic heterocycles. The summed E-state index contributed by atoms with van der Waals surface area (Å²) >= 11 is 1.31. The van der Waals surface area contributed by atoms with Crippen molar-refractivity contribution in [1.82, 2.24) is 10.3 Å². The molecule has 0 aliphatic rings. The maximum atomic E-state index is 11.7. The first-order chi connectivity index (χ1) is 8.76. The van der Waals surface area contributed by atoms with Gasteiger partial charge < -0.3 is 10.4 Å². The fourth-order valence-electron chi connectivity index (χ4n) is 1.73. The van der Waals surface area contributed by atoms with Gasteiger partial charge in [-0.05, 0) is 11.8 Å². The number of carbonyl (C=O) groups excluding carboxylic acids is 1. The first-order valence-corrected chi connectivity index (χ1v) is 6.83. The second-order valence-electron chi connectivity index (χ2n) is 5.50. The maximum Gasteiger partial charge on any atom is 0.321 e. The summed E-state index contributed by atoms with van der Waals surface area (Å²) in [6.45, 7) is 6.01. The number of carboxylic acid groups (broad SMARTS) is 1. The molecule has 106 valence electrons. The second kappa shape index (κ2) is 6.51. The third-order valence-corrected chi connectivity index (χ3v) is 2.96. The Balaban J connectivity index is 2.55. The molecule has 0 radical (unpaired) electrons. The van der Waals surface area contributed by atoms with Crippen molar-refractivity contribution in [2.45, 2.75) is 39.7 Å². The minimum Gasteiger partial charge on any atom is -0.481 e. The molecular weight excluding hydrogens is 266 g/mol. The van der Waals surface area contributed by atoms with E-state index in [-0.39, 0.29) is 11.8 Å². The summed E-state index contributed by atoms with van der Waals surface area (Å²) < 4.78 is 0. The number of urea groups is 1. The van der Waals surface area contributed by atoms with Crippen molar-refractivity contribution in [3.05, 3.63) is 11.6 Å². The zero-order chi connectivity index (χ0) is 14.5. The molecule has 0 aromatic carbocycles. The molecule has 3 N–H and O–H groups in total. The number of rotatable bonds is 5. The van der Waals surface area contributed by atoms with Crippen LogP contribution in [0.1, 0.15) is 33.6 Å². The molecule has 1 aromatic heterocycles. The number of thiazole rings is 1. The summed E-state index contributed by atoms with van der Waals surface area (Å²) in [5.41, 5.74) is -0.0609. The molecule has 0 bridgehead atoms. The molecule has 19 heavy (non-hydrogen) atoms. The molecule has 6 nitrogen and oxygen atoms in total. The molecule has 0 aliphatic carbocycles. The van der Waals surface area contributed by atoms with E-state index in [1.807, 2.05) is 20.8 Å². The van der Waals surface area contributed by atoms with Gasteiger partial charge in [0.05, 0.1) is 6.42 Å². The molecule has 1 rings (SSSR count). The van der Waals surface area contributed by atoms with Crippen molar-refractivity contribution < 1.29 is 14.7 Å². The Morgan fingerprint density at radius 1 is 1.47 bits per heavy atom. The van der Waals surface area contributed by atoms with Gasteiger partial charge in [-0.2, -0.15) is 0 Å². The van der Waals surface area contributed by atoms with Crippen LogP contribution in [0.4, 0.5) is 9.93 Å². The van der Waals surface area contributed by atoms with Gasteiger partial charge in [0.1, 0.15) is 0 Å². The summed E-state index contributed by atoms with van der Waals surface area (Å²) in [6, 6.07) is -0.831. The number of anilines is 1. The van der Waals surface area contributed by atoms with Crippen molar-refractivity contribution >= 4 is 28.5 Å². The Labute approximate surface area is 116 Å². The summed E-state index contributed by atoms with van der Waals surface area (Å²) in [4.78, 5) is 26.5. The van der Waals surface area contributed by atoms with Crippen molar-refractivity contribution in [3.8, 4) is 0 Å². The van der Waals surface area contributed by atoms with E-state index in [0.29, 0.717) is 11.6 Å². The lowest BCUT2D eigenvalue weighted by molar-refractivity contribution is -0.137. The van der Waals surface area contributed by atoms with Gasteiger partial charge in [-0.25, -0.2) is 9.78 Å². The van der Waals surface area contributed by atoms with Gasteiger partial charge in [-0.15, -0.1) is 11.3 Å². The number of nitrogens with one attached hydrogen (secondary N) is 2. The van der Waals surface area contributed by atoms with Crippen LogP contribution in [0.5, 0.6) is 0 Å². The number of amides is 2. The predicted octanol–water partition coefficient (Wildman–Crippen LogP) is 2.54. The van der Waals surface area contributed by atoms with Gasteiger partial charge in [0.25, 0.3) is 0 Å². The number of hydrogen-bond donors (Lipinski definition) is 3. The highest BCUT2D eigenvalue weighted by molar-refractivity contribution is 7.13. The first kappa shape index (κ1) is 15.4. The highest BCUT2D eigenvalue weighted by Crippen LogP contribution is 2.22. The van der Waals surface area contributed by atoms with Gasteiger partial charge in [0, 0.05) is 17.6 Å². The van der Waals surface area contributed by atoms with E-state index in [1.165, 1.54) is 11.3 Å². The van der Waals surface area contributed by atoms with Crippen molar-refractivity contribution in [1.29, 1.82) is 0 Å². The average Bonchev–Trinajstić information content (AvgIpc) is 2.65. The first-order valence-electron chi connectivity index (χ1n) is 5.95. The largest absolute Gasteiger partial charge is 0.481 e. The smallest absolute Gasteiger partial charge is 0.321 e. The van der Waals surface area contributed by atoms with E-state index in [4.69, 9.17) is 5.11 Å². The molecule has 2 amide bonds. The number of aromatic nitrogens is 1. The molecule has 0 fully saturated rings. The Bertz CT molecular complexity index is 426. The van der Waals surface area contributed by atoms with E-state index >= 15 is 0 Å². The van der Waals surface area contributed by atoms with E-state index in [0.717, 1.165) is 0 Å². The van der Waals surface area contributed by atoms with Crippen LogP contribution >= 0.6 is 11.3 Å². The summed E-state index contributed by atoms with van der Waals surface area (Å²) in [5.74, 6) is -0.927. The number of nitrogens with zero attached hydrogens (tertiary/aromatic N) is 1. The lowest BCUT2D eigenvalue weighted by atomic mass is 9.87. The van der Waals surface area contributed by atoms with Gasteiger partial charge in [-0.3, -0.25) is 10.1 Å². The van der Waals surface area contributed by atoms with Crippen LogP contribution in [0.25, 0.3) is 0 Å². The van der Waals surface area contributed by atoms with E-state index in [9.17, 15) is 9.59 Å². The fraction of sp³-hybridized carbons (Fsp3) is 0.583. The highest BCUT2D eigenvalue weighted by atomic mass is 32.1. The molecule has 1 atom stereocenters. The average molecular weight is 285 g/mol. The molecule has 0 saturated heterocycles. The third kappa shape index (κ3) is 6.76. The van der Waals surface area contributed by atoms with Gasteiger partial charge >= 0.3 is 12.0 Å². The number of carboxylic acids is 1. The van der Waals surface area contributed by atoms with Crippen LogP contribution in [0.15, 0.2) is 11.6 Å². The van der Waals surface area contributed by atoms with Crippen molar-refractivity contribution in [3.63, 3.8) is 0 Å². The monoisotopic (exact) mass is 285 g/mol. The summed E-state index contributed by atoms with van der Waals surface area (Å²) in [7, 11) is 0. The van der Waals surface area contributed by atoms with E-state index < -0.39 is 18.0 Å². The Hall–Kier alpha value is -1.63. The van der Waals surface area contributed by atoms with Gasteiger partial charge in [0.2, 0.25) is 0 Å². The van der Waals surface area contributed by atoms with Gasteiger partial charge in [0.15, 0.2) is 5.13 Å². The predicted molar refractivity (Wildman–Crippen MR) is 74.4 cm³/mol. The number of aliphatic carboxylic acids is 1. The topological polar surface area (TPSA) is 91.3 Å². The normalized spacial score (nSPS) is 12.8. The molecular formula is C12H19N3O3S. The van der Waals surface area contributed by atoms with Crippen LogP contribution < -0.4 is 10.6 Å². The quantitative estimate of drug-likeness (QED) is 0.775. The number of hydrogen-bond acceptors (Lipinski definition) is 4. The minimum absolute atomic E-state index is 0.0609. The summed E-state index contributed by atoms with van der Waals surface area (Å²) in [5, 5.41) is 16.4. The lowest BCUT2D eigenvalue weighted by Crippen LogP contribution is -2.41. The Kier molecular flexibility index (Phi) is 5.29. The summed E-state index contributed by atoms with van der Waals surface area (Å²) in [6.07, 6.45) is 2.08. The Morgan fingerprint density at radius 2 is 2.16 bits per heavy atom. The van der Waals surface area contributed by atoms with Crippen LogP contribution in [0, 0.1) is 5.41 Å². The minimum atomic E-state index is -0.927. The van der Waals surface area contributed by atoms with Crippen molar-refractivity contribution in [2.75, 3.05) is 5.32 Å². The van der Waals surface area contributed by atoms with Crippen LogP contribution in [-0.4, -0.2) is 28.1 Å². The third-order valence-electron chi connectivity index (χ3n) is 2.27. The second-order valence-corrected chi connectivity index (χ2v) is 6.39. The standard InChI is InChI=1S/C12H19N3O3S/c1-12(2,3)7-8(6-9(16)17)14-10(18)15-11-13-4-5-19-11/h4-5,8H,6-7H2,1-3H3,(H,16,17)(H2,13,14,15,18). The van der Waals surface area contributed by atoms with Crippen LogP contribution in [0.2, 0.25) is 0 Å². The van der Waals surface area contributed by atoms with E-state index in [1.54, 1.807) is 11.6 Å². The zero-order valence-corrected chi connectivity index (χ0v) is 12.1. The van der Waals surface area contributed by atoms with Gasteiger partial charge in [-0.1, -0.05) is 20.8 Å².